The van der Waals surface area contributed by atoms with Crippen molar-refractivity contribution in [2.45, 2.75) is 45.3 Å². The van der Waals surface area contributed by atoms with Crippen LogP contribution >= 0.6 is 11.6 Å². The second-order valence-electron chi connectivity index (χ2n) is 11.0. The molecule has 1 unspecified atom stereocenters. The topological polar surface area (TPSA) is 94.1 Å². The van der Waals surface area contributed by atoms with Gasteiger partial charge in [-0.1, -0.05) is 43.7 Å². The Morgan fingerprint density at radius 2 is 2.11 bits per heavy atom. The van der Waals surface area contributed by atoms with Crippen molar-refractivity contribution < 1.29 is 29.7 Å². The average molecular weight is 538 g/mol. The van der Waals surface area contributed by atoms with E-state index in [1.165, 1.54) is 6.07 Å². The van der Waals surface area contributed by atoms with Crippen molar-refractivity contribution in [1.82, 2.24) is 4.90 Å². The van der Waals surface area contributed by atoms with E-state index in [1.807, 2.05) is 24.3 Å². The van der Waals surface area contributed by atoms with Crippen molar-refractivity contribution in [3.8, 4) is 5.75 Å². The smallest absolute Gasteiger partial charge is 0.335 e. The SMILES string of the molecule is CC1(C)CN(CCC=C2c3cc(C(=O)O)ccc3OCc3c2ccc[n+]3O)CC[C@@]1(O)C1C=CC(Cl)=CC1. The third-order valence-corrected chi connectivity index (χ3v) is 8.59. The lowest BCUT2D eigenvalue weighted by atomic mass is 9.62. The molecular weight excluding hydrogens is 504 g/mol. The first-order valence-electron chi connectivity index (χ1n) is 13.0. The molecule has 2 aliphatic heterocycles. The molecule has 200 valence electrons. The third-order valence-electron chi connectivity index (χ3n) is 8.31. The number of piperidine rings is 1. The quantitative estimate of drug-likeness (QED) is 0.375. The van der Waals surface area contributed by atoms with Crippen molar-refractivity contribution in [1.29, 1.82) is 0 Å². The number of likely N-dealkylation sites (tertiary alicyclic amines) is 1. The number of fused-ring (bicyclic) bond motifs is 2. The molecule has 3 N–H and O–H groups in total. The summed E-state index contributed by atoms with van der Waals surface area (Å²) in [4.78, 5) is 14.1. The second kappa shape index (κ2) is 10.2. The Kier molecular flexibility index (Phi) is 7.11. The first-order chi connectivity index (χ1) is 18.1. The van der Waals surface area contributed by atoms with Crippen LogP contribution in [0, 0.1) is 11.3 Å². The highest BCUT2D eigenvalue weighted by Gasteiger charge is 2.51. The van der Waals surface area contributed by atoms with E-state index in [1.54, 1.807) is 24.4 Å². The molecule has 0 bridgehead atoms. The zero-order valence-electron chi connectivity index (χ0n) is 21.7. The van der Waals surface area contributed by atoms with E-state index in [9.17, 15) is 20.2 Å². The number of halogens is 1. The number of hydrogen-bond acceptors (Lipinski definition) is 5. The minimum absolute atomic E-state index is 0.0388. The number of aromatic nitrogens is 1. The molecule has 0 spiro atoms. The molecular formula is C30H34ClN2O5+. The first kappa shape index (κ1) is 26.5. The maximum Gasteiger partial charge on any atom is 0.335 e. The van der Waals surface area contributed by atoms with Crippen molar-refractivity contribution >= 4 is 23.1 Å². The van der Waals surface area contributed by atoms with Gasteiger partial charge in [-0.15, -0.1) is 0 Å². The van der Waals surface area contributed by atoms with Crippen molar-refractivity contribution in [3.63, 3.8) is 0 Å². The molecule has 1 fully saturated rings. The highest BCUT2D eigenvalue weighted by Crippen LogP contribution is 2.46. The van der Waals surface area contributed by atoms with Crippen molar-refractivity contribution in [2.24, 2.45) is 11.3 Å². The molecule has 3 heterocycles. The summed E-state index contributed by atoms with van der Waals surface area (Å²) in [5.74, 6) is -0.385. The average Bonchev–Trinajstić information content (AvgIpc) is 3.04. The van der Waals surface area contributed by atoms with Gasteiger partial charge in [-0.2, -0.15) is 0 Å². The summed E-state index contributed by atoms with van der Waals surface area (Å²) >= 11 is 6.11. The number of carboxylic acids is 1. The second-order valence-corrected chi connectivity index (χ2v) is 11.5. The zero-order chi connectivity index (χ0) is 27.1. The minimum Gasteiger partial charge on any atom is -0.482 e. The van der Waals surface area contributed by atoms with Gasteiger partial charge in [0.2, 0.25) is 6.20 Å². The highest BCUT2D eigenvalue weighted by atomic mass is 35.5. The van der Waals surface area contributed by atoms with Gasteiger partial charge in [-0.3, -0.25) is 5.21 Å². The summed E-state index contributed by atoms with van der Waals surface area (Å²) in [5.41, 5.74) is 1.98. The minimum atomic E-state index is -1.00. The lowest BCUT2D eigenvalue weighted by Gasteiger charge is -2.53. The molecule has 7 nitrogen and oxygen atoms in total. The number of pyridine rings is 1. The van der Waals surface area contributed by atoms with Gasteiger partial charge < -0.3 is 19.8 Å². The lowest BCUT2D eigenvalue weighted by Crippen LogP contribution is -2.60. The number of hydrogen-bond donors (Lipinski definition) is 3. The normalized spacial score (nSPS) is 25.6. The molecule has 3 aliphatic rings. The maximum absolute atomic E-state index is 11.8. The Balaban J connectivity index is 1.38. The summed E-state index contributed by atoms with van der Waals surface area (Å²) < 4.78 is 7.02. The van der Waals surface area contributed by atoms with Crippen LogP contribution in [0.2, 0.25) is 0 Å². The Morgan fingerprint density at radius 3 is 2.82 bits per heavy atom. The molecule has 5 rings (SSSR count). The van der Waals surface area contributed by atoms with Gasteiger partial charge in [0.1, 0.15) is 5.75 Å². The molecule has 1 saturated heterocycles. The zero-order valence-corrected chi connectivity index (χ0v) is 22.5. The Hall–Kier alpha value is -3.13. The number of rotatable bonds is 5. The number of aromatic carboxylic acids is 1. The fourth-order valence-corrected chi connectivity index (χ4v) is 6.25. The van der Waals surface area contributed by atoms with Crippen molar-refractivity contribution in [2.75, 3.05) is 19.6 Å². The fourth-order valence-electron chi connectivity index (χ4n) is 6.09. The van der Waals surface area contributed by atoms with Gasteiger partial charge >= 0.3 is 5.97 Å². The van der Waals surface area contributed by atoms with Crippen LogP contribution in [0.4, 0.5) is 0 Å². The Bertz CT molecular complexity index is 1350. The van der Waals surface area contributed by atoms with E-state index in [2.05, 4.69) is 24.8 Å². The lowest BCUT2D eigenvalue weighted by molar-refractivity contribution is -0.910. The molecule has 2 aromatic rings. The van der Waals surface area contributed by atoms with Crippen LogP contribution in [0.25, 0.3) is 5.57 Å². The van der Waals surface area contributed by atoms with Gasteiger partial charge in [-0.05, 0) is 55.2 Å². The summed E-state index contributed by atoms with van der Waals surface area (Å²) in [6.45, 7) is 6.75. The predicted molar refractivity (Wildman–Crippen MR) is 144 cm³/mol. The number of carboxylic acid groups (broad SMARTS) is 1. The third kappa shape index (κ3) is 4.86. The Morgan fingerprint density at radius 1 is 1.29 bits per heavy atom. The Labute approximate surface area is 227 Å². The number of aliphatic hydroxyl groups is 1. The summed E-state index contributed by atoms with van der Waals surface area (Å²) in [7, 11) is 0. The van der Waals surface area contributed by atoms with Gasteiger partial charge in [0.25, 0.3) is 5.69 Å². The molecule has 0 radical (unpaired) electrons. The summed E-state index contributed by atoms with van der Waals surface area (Å²) in [6.07, 6.45) is 11.7. The molecule has 1 aliphatic carbocycles. The predicted octanol–water partition coefficient (Wildman–Crippen LogP) is 4.79. The number of ether oxygens (including phenoxy) is 1. The van der Waals surface area contributed by atoms with Gasteiger partial charge in [-0.25, -0.2) is 4.79 Å². The number of allylic oxidation sites excluding steroid dienone is 3. The van der Waals surface area contributed by atoms with E-state index in [4.69, 9.17) is 16.3 Å². The number of nitrogens with zero attached hydrogens (tertiary/aromatic N) is 2. The van der Waals surface area contributed by atoms with Crippen LogP contribution in [0.5, 0.6) is 5.75 Å². The van der Waals surface area contributed by atoms with Gasteiger partial charge in [0, 0.05) is 52.4 Å². The van der Waals surface area contributed by atoms with E-state index >= 15 is 0 Å². The van der Waals surface area contributed by atoms with Crippen molar-refractivity contribution in [3.05, 3.63) is 88.2 Å². The molecule has 2 atom stereocenters. The first-order valence-corrected chi connectivity index (χ1v) is 13.4. The number of benzene rings is 1. The standard InChI is InChI=1S/C30H33ClN2O5/c1-29(2)19-32(16-13-30(29,36)21-8-10-22(31)11-9-21)14-3-5-23-24-6-4-15-33(37)26(24)18-38-27-12-7-20(28(34)35)17-25(23)27/h4-8,10-12,15,17,21,36H,3,9,13-14,16,18-19H2,1-2H3,(H-,34,35,37)/p+1/t21?,30-/m1/s1. The summed E-state index contributed by atoms with van der Waals surface area (Å²) in [6, 6.07) is 8.52. The van der Waals surface area contributed by atoms with E-state index in [0.29, 0.717) is 29.8 Å². The largest absolute Gasteiger partial charge is 0.482 e. The van der Waals surface area contributed by atoms with Crippen LogP contribution in [-0.2, 0) is 6.61 Å². The van der Waals surface area contributed by atoms with E-state index in [-0.39, 0.29) is 23.5 Å². The van der Waals surface area contributed by atoms with Crippen LogP contribution in [0.15, 0.2) is 65.9 Å². The van der Waals surface area contributed by atoms with Crippen LogP contribution in [0.1, 0.15) is 60.3 Å². The monoisotopic (exact) mass is 537 g/mol. The molecule has 0 amide bonds. The highest BCUT2D eigenvalue weighted by molar-refractivity contribution is 6.31. The van der Waals surface area contributed by atoms with Crippen LogP contribution in [0.3, 0.4) is 0 Å². The van der Waals surface area contributed by atoms with Gasteiger partial charge in [0.15, 0.2) is 6.61 Å². The van der Waals surface area contributed by atoms with Crippen LogP contribution in [-0.4, -0.2) is 51.5 Å². The number of carbonyl (C=O) groups is 1. The fraction of sp³-hybridized carbons (Fsp3) is 0.400. The summed E-state index contributed by atoms with van der Waals surface area (Å²) in [5, 5.41) is 32.5. The maximum atomic E-state index is 11.8. The van der Waals surface area contributed by atoms with E-state index in [0.717, 1.165) is 47.0 Å². The van der Waals surface area contributed by atoms with E-state index < -0.39 is 11.6 Å². The molecule has 38 heavy (non-hydrogen) atoms. The molecule has 1 aromatic carbocycles. The van der Waals surface area contributed by atoms with Gasteiger partial charge in [0.05, 0.1) is 16.7 Å². The van der Waals surface area contributed by atoms with Crippen LogP contribution < -0.4 is 9.47 Å². The molecule has 1 aromatic heterocycles. The molecule has 0 saturated carbocycles. The molecule has 8 heteroatoms.